The van der Waals surface area contributed by atoms with Gasteiger partial charge in [0.15, 0.2) is 6.10 Å². The topological polar surface area (TPSA) is 78.9 Å². The van der Waals surface area contributed by atoms with Gasteiger partial charge in [-0.25, -0.2) is 0 Å². The minimum absolute atomic E-state index is 0.0639. The van der Waals surface area contributed by atoms with E-state index in [4.69, 9.17) is 14.2 Å². The second-order valence-corrected chi connectivity index (χ2v) is 18.5. The van der Waals surface area contributed by atoms with Crippen molar-refractivity contribution in [2.24, 2.45) is 11.8 Å². The third kappa shape index (κ3) is 44.0. The fourth-order valence-electron chi connectivity index (χ4n) is 7.78. The predicted octanol–water partition coefficient (Wildman–Crippen LogP) is 16.5. The first kappa shape index (κ1) is 56.4. The molecule has 0 rings (SSSR count). The van der Waals surface area contributed by atoms with Crippen molar-refractivity contribution < 1.29 is 28.6 Å². The minimum atomic E-state index is -0.761. The molecule has 2 atom stereocenters. The van der Waals surface area contributed by atoms with E-state index in [1.807, 2.05) is 0 Å². The highest BCUT2D eigenvalue weighted by Crippen LogP contribution is 2.18. The monoisotopic (exact) mass is 821 g/mol. The zero-order chi connectivity index (χ0) is 42.6. The summed E-state index contributed by atoms with van der Waals surface area (Å²) in [5.41, 5.74) is 0. The summed E-state index contributed by atoms with van der Waals surface area (Å²) in [6, 6.07) is 0. The van der Waals surface area contributed by atoms with Crippen LogP contribution in [0.15, 0.2) is 0 Å². The van der Waals surface area contributed by atoms with Gasteiger partial charge in [-0.15, -0.1) is 0 Å². The second kappa shape index (κ2) is 44.9. The van der Waals surface area contributed by atoms with E-state index in [1.165, 1.54) is 173 Å². The molecule has 0 aliphatic carbocycles. The summed E-state index contributed by atoms with van der Waals surface area (Å²) >= 11 is 0. The molecule has 0 saturated carbocycles. The van der Waals surface area contributed by atoms with Gasteiger partial charge in [-0.1, -0.05) is 247 Å². The molecule has 0 aliphatic rings. The second-order valence-electron chi connectivity index (χ2n) is 18.5. The van der Waals surface area contributed by atoms with Crippen LogP contribution in [-0.4, -0.2) is 37.2 Å². The van der Waals surface area contributed by atoms with Gasteiger partial charge in [-0.3, -0.25) is 14.4 Å². The van der Waals surface area contributed by atoms with E-state index in [1.54, 1.807) is 0 Å². The fourth-order valence-corrected chi connectivity index (χ4v) is 7.78. The first-order chi connectivity index (χ1) is 28.3. The van der Waals surface area contributed by atoms with Crippen molar-refractivity contribution in [1.29, 1.82) is 0 Å². The molecule has 0 fully saturated rings. The molecule has 0 aromatic rings. The summed E-state index contributed by atoms with van der Waals surface area (Å²) < 4.78 is 16.8. The summed E-state index contributed by atoms with van der Waals surface area (Å²) in [5.74, 6) is 0.853. The van der Waals surface area contributed by atoms with Crippen molar-refractivity contribution in [3.63, 3.8) is 0 Å². The lowest BCUT2D eigenvalue weighted by Crippen LogP contribution is -2.30. The Kier molecular flexibility index (Phi) is 43.7. The zero-order valence-electron chi connectivity index (χ0n) is 39.7. The SMILES string of the molecule is CCCCCCCCCCCCC(=O)O[C@@H](COC(=O)CCCCCCCCCCCCCCCCC(C)CC)COC(=O)CCCCCCCCCCCC(C)C. The number of ether oxygens (including phenoxy) is 3. The van der Waals surface area contributed by atoms with Gasteiger partial charge in [0.25, 0.3) is 0 Å². The Balaban J connectivity index is 4.25. The number of carbonyl (C=O) groups excluding carboxylic acids is 3. The third-order valence-electron chi connectivity index (χ3n) is 12.1. The van der Waals surface area contributed by atoms with Crippen LogP contribution in [0.4, 0.5) is 0 Å². The van der Waals surface area contributed by atoms with Gasteiger partial charge in [0.2, 0.25) is 0 Å². The lowest BCUT2D eigenvalue weighted by molar-refractivity contribution is -0.167. The third-order valence-corrected chi connectivity index (χ3v) is 12.1. The zero-order valence-corrected chi connectivity index (χ0v) is 39.7. The van der Waals surface area contributed by atoms with E-state index in [2.05, 4.69) is 34.6 Å². The Hall–Kier alpha value is -1.59. The number of esters is 3. The number of rotatable bonds is 46. The summed E-state index contributed by atoms with van der Waals surface area (Å²) in [6.07, 6.45) is 45.1. The maximum absolute atomic E-state index is 12.7. The lowest BCUT2D eigenvalue weighted by atomic mass is 9.99. The molecule has 0 radical (unpaired) electrons. The number of unbranched alkanes of at least 4 members (excludes halogenated alkanes) is 30. The van der Waals surface area contributed by atoms with Gasteiger partial charge in [0.05, 0.1) is 0 Å². The number of hydrogen-bond donors (Lipinski definition) is 0. The molecule has 1 unspecified atom stereocenters. The van der Waals surface area contributed by atoms with E-state index in [9.17, 15) is 14.4 Å². The Morgan fingerprint density at radius 2 is 0.655 bits per heavy atom. The quantitative estimate of drug-likeness (QED) is 0.0346. The molecule has 0 heterocycles. The van der Waals surface area contributed by atoms with Gasteiger partial charge in [0, 0.05) is 19.3 Å². The lowest BCUT2D eigenvalue weighted by Gasteiger charge is -2.18. The molecule has 6 nitrogen and oxygen atoms in total. The Morgan fingerprint density at radius 1 is 0.362 bits per heavy atom. The molecular formula is C52H100O6. The highest BCUT2D eigenvalue weighted by Gasteiger charge is 2.19. The van der Waals surface area contributed by atoms with E-state index in [0.717, 1.165) is 69.6 Å². The van der Waals surface area contributed by atoms with Crippen molar-refractivity contribution in [1.82, 2.24) is 0 Å². The van der Waals surface area contributed by atoms with Crippen molar-refractivity contribution in [3.8, 4) is 0 Å². The van der Waals surface area contributed by atoms with E-state index in [0.29, 0.717) is 19.3 Å². The minimum Gasteiger partial charge on any atom is -0.462 e. The maximum Gasteiger partial charge on any atom is 0.306 e. The standard InChI is InChI=1S/C52H100O6/c1-6-8-9-10-11-12-22-29-34-39-44-52(55)58-49(46-57-51(54)43-38-33-28-24-19-20-25-30-35-40-47(3)4)45-56-50(53)42-37-32-27-23-18-16-14-13-15-17-21-26-31-36-41-48(5)7-2/h47-49H,6-46H2,1-5H3/t48?,49-/m0/s1. The summed E-state index contributed by atoms with van der Waals surface area (Å²) in [6.45, 7) is 11.4. The largest absolute Gasteiger partial charge is 0.462 e. The maximum atomic E-state index is 12.7. The van der Waals surface area contributed by atoms with Crippen molar-refractivity contribution >= 4 is 17.9 Å². The molecule has 58 heavy (non-hydrogen) atoms. The number of carbonyl (C=O) groups is 3. The van der Waals surface area contributed by atoms with Crippen molar-refractivity contribution in [2.75, 3.05) is 13.2 Å². The number of hydrogen-bond acceptors (Lipinski definition) is 6. The average molecular weight is 821 g/mol. The van der Waals surface area contributed by atoms with Crippen molar-refractivity contribution in [2.45, 2.75) is 291 Å². The van der Waals surface area contributed by atoms with Crippen LogP contribution in [-0.2, 0) is 28.6 Å². The van der Waals surface area contributed by atoms with E-state index < -0.39 is 6.10 Å². The molecule has 0 bridgehead atoms. The van der Waals surface area contributed by atoms with Crippen LogP contribution in [0.2, 0.25) is 0 Å². The summed E-state index contributed by atoms with van der Waals surface area (Å²) in [5, 5.41) is 0. The first-order valence-corrected chi connectivity index (χ1v) is 25.8. The van der Waals surface area contributed by atoms with Gasteiger partial charge >= 0.3 is 17.9 Å². The summed E-state index contributed by atoms with van der Waals surface area (Å²) in [4.78, 5) is 37.9. The smallest absolute Gasteiger partial charge is 0.306 e. The Bertz CT molecular complexity index is 887. The molecule has 0 amide bonds. The Labute approximate surface area is 361 Å². The molecule has 0 aliphatic heterocycles. The van der Waals surface area contributed by atoms with E-state index >= 15 is 0 Å². The predicted molar refractivity (Wildman–Crippen MR) is 247 cm³/mol. The van der Waals surface area contributed by atoms with Crippen LogP contribution >= 0.6 is 0 Å². The van der Waals surface area contributed by atoms with Crippen LogP contribution in [0.5, 0.6) is 0 Å². The molecule has 0 saturated heterocycles. The molecule has 0 aromatic heterocycles. The molecule has 6 heteroatoms. The van der Waals surface area contributed by atoms with Crippen LogP contribution in [0.1, 0.15) is 285 Å². The van der Waals surface area contributed by atoms with Gasteiger partial charge < -0.3 is 14.2 Å². The van der Waals surface area contributed by atoms with Gasteiger partial charge in [0.1, 0.15) is 13.2 Å². The van der Waals surface area contributed by atoms with Crippen LogP contribution in [0, 0.1) is 11.8 Å². The summed E-state index contributed by atoms with van der Waals surface area (Å²) in [7, 11) is 0. The van der Waals surface area contributed by atoms with Gasteiger partial charge in [-0.05, 0) is 31.1 Å². The molecule has 0 spiro atoms. The van der Waals surface area contributed by atoms with Crippen molar-refractivity contribution in [3.05, 3.63) is 0 Å². The fraction of sp³-hybridized carbons (Fsp3) is 0.942. The van der Waals surface area contributed by atoms with Crippen LogP contribution in [0.3, 0.4) is 0 Å². The normalized spacial score (nSPS) is 12.5. The van der Waals surface area contributed by atoms with Crippen LogP contribution < -0.4 is 0 Å². The van der Waals surface area contributed by atoms with Crippen LogP contribution in [0.25, 0.3) is 0 Å². The molecule has 344 valence electrons. The van der Waals surface area contributed by atoms with Gasteiger partial charge in [-0.2, -0.15) is 0 Å². The van der Waals surface area contributed by atoms with E-state index in [-0.39, 0.29) is 31.1 Å². The highest BCUT2D eigenvalue weighted by molar-refractivity contribution is 5.71. The average Bonchev–Trinajstić information content (AvgIpc) is 3.21. The first-order valence-electron chi connectivity index (χ1n) is 25.8. The molecule has 0 N–H and O–H groups in total. The Morgan fingerprint density at radius 3 is 0.983 bits per heavy atom. The molecule has 0 aromatic carbocycles. The molecular weight excluding hydrogens is 721 g/mol. The highest BCUT2D eigenvalue weighted by atomic mass is 16.6.